The predicted octanol–water partition coefficient (Wildman–Crippen LogP) is 1.93. The highest BCUT2D eigenvalue weighted by molar-refractivity contribution is 6.45. The zero-order valence-electron chi connectivity index (χ0n) is 18.8. The first kappa shape index (κ1) is 21.5. The Morgan fingerprint density at radius 1 is 0.909 bits per heavy atom. The number of fused-ring (bicyclic) bond motifs is 1. The Balaban J connectivity index is 1.56. The van der Waals surface area contributed by atoms with E-state index in [1.54, 1.807) is 18.2 Å². The van der Waals surface area contributed by atoms with E-state index in [4.69, 9.17) is 9.47 Å². The molecule has 0 aliphatic carbocycles. The number of piperazine rings is 1. The first-order chi connectivity index (χ1) is 16.0. The Morgan fingerprint density at radius 2 is 1.67 bits per heavy atom. The molecule has 0 saturated carbocycles. The number of aliphatic hydroxyl groups is 1. The van der Waals surface area contributed by atoms with Gasteiger partial charge >= 0.3 is 0 Å². The Labute approximate surface area is 192 Å². The summed E-state index contributed by atoms with van der Waals surface area (Å²) in [6, 6.07) is 11.0. The molecular weight excluding hydrogens is 422 g/mol. The van der Waals surface area contributed by atoms with Crippen molar-refractivity contribution in [2.75, 3.05) is 51.0 Å². The van der Waals surface area contributed by atoms with Gasteiger partial charge in [0.25, 0.3) is 11.8 Å². The Bertz CT molecular complexity index is 1150. The SMILES string of the molecule is Cc1ccc(C2=C(N3CCN(CCO)CC3)C(=O)N(c3ccc4c(c3)OCO4)C2=O)c(C)c1. The predicted molar refractivity (Wildman–Crippen MR) is 123 cm³/mol. The van der Waals surface area contributed by atoms with Gasteiger partial charge in [-0.05, 0) is 37.1 Å². The number of aryl methyl sites for hydroxylation is 2. The lowest BCUT2D eigenvalue weighted by Crippen LogP contribution is -2.48. The van der Waals surface area contributed by atoms with Crippen LogP contribution in [0.25, 0.3) is 5.57 Å². The number of benzene rings is 2. The van der Waals surface area contributed by atoms with Crippen molar-refractivity contribution in [3.8, 4) is 11.5 Å². The summed E-state index contributed by atoms with van der Waals surface area (Å²) in [7, 11) is 0. The van der Waals surface area contributed by atoms with Gasteiger partial charge in [0.15, 0.2) is 11.5 Å². The summed E-state index contributed by atoms with van der Waals surface area (Å²) < 4.78 is 10.9. The van der Waals surface area contributed by atoms with Crippen LogP contribution in [0.3, 0.4) is 0 Å². The lowest BCUT2D eigenvalue weighted by Gasteiger charge is -2.36. The number of ether oxygens (including phenoxy) is 2. The molecule has 2 aromatic rings. The van der Waals surface area contributed by atoms with Crippen LogP contribution in [-0.4, -0.2) is 72.8 Å². The molecule has 1 fully saturated rings. The average Bonchev–Trinajstić information content (AvgIpc) is 3.36. The number of rotatable bonds is 5. The highest BCUT2D eigenvalue weighted by Crippen LogP contribution is 2.40. The minimum absolute atomic E-state index is 0.103. The fourth-order valence-corrected chi connectivity index (χ4v) is 4.74. The number of aliphatic hydroxyl groups excluding tert-OH is 1. The maximum absolute atomic E-state index is 13.8. The number of nitrogens with zero attached hydrogens (tertiary/aromatic N) is 3. The minimum atomic E-state index is -0.335. The summed E-state index contributed by atoms with van der Waals surface area (Å²) >= 11 is 0. The maximum atomic E-state index is 13.8. The molecule has 1 saturated heterocycles. The van der Waals surface area contributed by atoms with Crippen molar-refractivity contribution in [2.24, 2.45) is 0 Å². The molecule has 5 rings (SSSR count). The number of carbonyl (C=O) groups is 2. The highest BCUT2D eigenvalue weighted by Gasteiger charge is 2.43. The summed E-state index contributed by atoms with van der Waals surface area (Å²) in [6.07, 6.45) is 0. The Kier molecular flexibility index (Phi) is 5.55. The van der Waals surface area contributed by atoms with E-state index in [1.807, 2.05) is 36.9 Å². The second-order valence-corrected chi connectivity index (χ2v) is 8.58. The molecule has 0 aromatic heterocycles. The van der Waals surface area contributed by atoms with Crippen molar-refractivity contribution in [3.05, 3.63) is 58.8 Å². The zero-order chi connectivity index (χ0) is 23.1. The van der Waals surface area contributed by atoms with Gasteiger partial charge in [-0.2, -0.15) is 0 Å². The molecule has 0 unspecified atom stereocenters. The molecule has 3 aliphatic rings. The monoisotopic (exact) mass is 449 g/mol. The van der Waals surface area contributed by atoms with Crippen molar-refractivity contribution >= 4 is 23.1 Å². The molecule has 0 radical (unpaired) electrons. The van der Waals surface area contributed by atoms with E-state index in [0.29, 0.717) is 48.1 Å². The average molecular weight is 450 g/mol. The van der Waals surface area contributed by atoms with Crippen LogP contribution in [-0.2, 0) is 9.59 Å². The molecular formula is C25H27N3O5. The van der Waals surface area contributed by atoms with E-state index in [2.05, 4.69) is 4.90 Å². The standard InChI is InChI=1S/C25H27N3O5/c1-16-3-5-19(17(2)13-16)22-23(27-9-7-26(8-10-27)11-12-29)25(31)28(24(22)30)18-4-6-20-21(14-18)33-15-32-20/h3-6,13-14,29H,7-12,15H2,1-2H3. The first-order valence-electron chi connectivity index (χ1n) is 11.2. The molecule has 2 aromatic carbocycles. The molecule has 0 spiro atoms. The van der Waals surface area contributed by atoms with Gasteiger partial charge in [0.2, 0.25) is 6.79 Å². The summed E-state index contributed by atoms with van der Waals surface area (Å²) in [4.78, 5) is 33.0. The van der Waals surface area contributed by atoms with Crippen LogP contribution in [0.2, 0.25) is 0 Å². The molecule has 1 N–H and O–H groups in total. The summed E-state index contributed by atoms with van der Waals surface area (Å²) in [6.45, 7) is 7.45. The molecule has 2 amide bonds. The molecule has 0 atom stereocenters. The van der Waals surface area contributed by atoms with Gasteiger partial charge in [-0.15, -0.1) is 0 Å². The fraction of sp³-hybridized carbons (Fsp3) is 0.360. The van der Waals surface area contributed by atoms with Crippen molar-refractivity contribution in [1.82, 2.24) is 9.80 Å². The topological polar surface area (TPSA) is 82.6 Å². The number of imide groups is 1. The third kappa shape index (κ3) is 3.75. The van der Waals surface area contributed by atoms with E-state index in [9.17, 15) is 14.7 Å². The normalized spacial score (nSPS) is 18.6. The lowest BCUT2D eigenvalue weighted by molar-refractivity contribution is -0.120. The van der Waals surface area contributed by atoms with Crippen molar-refractivity contribution in [2.45, 2.75) is 13.8 Å². The summed E-state index contributed by atoms with van der Waals surface area (Å²) in [5, 5.41) is 9.25. The van der Waals surface area contributed by atoms with Crippen LogP contribution in [0, 0.1) is 13.8 Å². The number of anilines is 1. The van der Waals surface area contributed by atoms with Crippen molar-refractivity contribution in [3.63, 3.8) is 0 Å². The first-order valence-corrected chi connectivity index (χ1v) is 11.2. The second kappa shape index (κ2) is 8.53. The summed E-state index contributed by atoms with van der Waals surface area (Å²) in [5.74, 6) is 0.455. The van der Waals surface area contributed by atoms with E-state index in [0.717, 1.165) is 29.8 Å². The zero-order valence-corrected chi connectivity index (χ0v) is 18.8. The van der Waals surface area contributed by atoms with E-state index in [1.165, 1.54) is 4.90 Å². The number of β-amino-alcohol motifs (C(OH)–C–C–N with tert-alkyl or cyclic N) is 1. The second-order valence-electron chi connectivity index (χ2n) is 8.58. The van der Waals surface area contributed by atoms with Crippen molar-refractivity contribution in [1.29, 1.82) is 0 Å². The van der Waals surface area contributed by atoms with Gasteiger partial charge in [-0.1, -0.05) is 23.8 Å². The number of carbonyl (C=O) groups excluding carboxylic acids is 2. The van der Waals surface area contributed by atoms with Crippen LogP contribution in [0.15, 0.2) is 42.1 Å². The van der Waals surface area contributed by atoms with Crippen LogP contribution in [0.1, 0.15) is 16.7 Å². The van der Waals surface area contributed by atoms with E-state index < -0.39 is 0 Å². The smallest absolute Gasteiger partial charge is 0.282 e. The molecule has 3 aliphatic heterocycles. The van der Waals surface area contributed by atoms with Crippen LogP contribution < -0.4 is 14.4 Å². The molecule has 8 nitrogen and oxygen atoms in total. The van der Waals surface area contributed by atoms with Crippen LogP contribution in [0.5, 0.6) is 11.5 Å². The summed E-state index contributed by atoms with van der Waals surface area (Å²) in [5.41, 5.74) is 4.16. The fourth-order valence-electron chi connectivity index (χ4n) is 4.74. The number of amides is 2. The molecule has 3 heterocycles. The molecule has 8 heteroatoms. The number of hydrogen-bond acceptors (Lipinski definition) is 7. The van der Waals surface area contributed by atoms with Crippen LogP contribution in [0.4, 0.5) is 5.69 Å². The van der Waals surface area contributed by atoms with Gasteiger partial charge in [-0.3, -0.25) is 14.5 Å². The lowest BCUT2D eigenvalue weighted by atomic mass is 9.97. The van der Waals surface area contributed by atoms with Crippen LogP contribution >= 0.6 is 0 Å². The van der Waals surface area contributed by atoms with Crippen molar-refractivity contribution < 1.29 is 24.2 Å². The van der Waals surface area contributed by atoms with Gasteiger partial charge in [-0.25, -0.2) is 4.90 Å². The molecule has 172 valence electrons. The maximum Gasteiger partial charge on any atom is 0.282 e. The molecule has 33 heavy (non-hydrogen) atoms. The van der Waals surface area contributed by atoms with Gasteiger partial charge in [0, 0.05) is 38.8 Å². The van der Waals surface area contributed by atoms with Gasteiger partial charge in [0.1, 0.15) is 5.70 Å². The Morgan fingerprint density at radius 3 is 2.39 bits per heavy atom. The quantitative estimate of drug-likeness (QED) is 0.699. The minimum Gasteiger partial charge on any atom is -0.454 e. The van der Waals surface area contributed by atoms with Gasteiger partial charge < -0.3 is 19.5 Å². The van der Waals surface area contributed by atoms with Gasteiger partial charge in [0.05, 0.1) is 17.9 Å². The molecule has 0 bridgehead atoms. The Hall–Kier alpha value is -3.36. The third-order valence-electron chi connectivity index (χ3n) is 6.43. The van der Waals surface area contributed by atoms with E-state index in [-0.39, 0.29) is 25.2 Å². The number of hydrogen-bond donors (Lipinski definition) is 1. The van der Waals surface area contributed by atoms with E-state index >= 15 is 0 Å². The largest absolute Gasteiger partial charge is 0.454 e. The third-order valence-corrected chi connectivity index (χ3v) is 6.43. The highest BCUT2D eigenvalue weighted by atomic mass is 16.7.